The third kappa shape index (κ3) is 8.81. The lowest BCUT2D eigenvalue weighted by Crippen LogP contribution is -2.26. The molecule has 0 saturated carbocycles. The largest absolute Gasteiger partial charge is 0.297 e. The summed E-state index contributed by atoms with van der Waals surface area (Å²) in [6, 6.07) is 16.8. The summed E-state index contributed by atoms with van der Waals surface area (Å²) in [6.07, 6.45) is 1.82. The van der Waals surface area contributed by atoms with Gasteiger partial charge in [0.15, 0.2) is 0 Å². The predicted molar refractivity (Wildman–Crippen MR) is 97.9 cm³/mol. The van der Waals surface area contributed by atoms with Crippen LogP contribution in [0.2, 0.25) is 0 Å². The molecule has 0 N–H and O–H groups in total. The summed E-state index contributed by atoms with van der Waals surface area (Å²) in [5, 5.41) is 35.1. The number of hydrogen-bond acceptors (Lipinski definition) is 6. The molecule has 6 nitrogen and oxygen atoms in total. The summed E-state index contributed by atoms with van der Waals surface area (Å²) in [7, 11) is 0. The Morgan fingerprint density at radius 1 is 0.538 bits per heavy atom. The van der Waals surface area contributed by atoms with Crippen molar-refractivity contribution in [3.05, 3.63) is 35.4 Å². The Bertz CT molecular complexity index is 586. The van der Waals surface area contributed by atoms with E-state index in [0.29, 0.717) is 51.9 Å². The lowest BCUT2D eigenvalue weighted by Gasteiger charge is -2.21. The molecule has 26 heavy (non-hydrogen) atoms. The second-order valence-corrected chi connectivity index (χ2v) is 6.00. The number of hydrogen-bond donors (Lipinski definition) is 0. The highest BCUT2D eigenvalue weighted by atomic mass is 15.1. The number of nitriles is 4. The second kappa shape index (κ2) is 13.4. The predicted octanol–water partition coefficient (Wildman–Crippen LogP) is 2.95. The highest BCUT2D eigenvalue weighted by Gasteiger charge is 2.08. The molecule has 0 radical (unpaired) electrons. The molecule has 0 unspecified atom stereocenters. The molecule has 1 rings (SSSR count). The van der Waals surface area contributed by atoms with Crippen LogP contribution in [0.3, 0.4) is 0 Å². The molecule has 0 aromatic heterocycles. The fourth-order valence-corrected chi connectivity index (χ4v) is 2.64. The Morgan fingerprint density at radius 3 is 1.04 bits per heavy atom. The number of nitrogens with zero attached hydrogens (tertiary/aromatic N) is 6. The van der Waals surface area contributed by atoms with E-state index in [1.54, 1.807) is 0 Å². The average molecular weight is 348 g/mol. The zero-order valence-corrected chi connectivity index (χ0v) is 15.1. The van der Waals surface area contributed by atoms with E-state index < -0.39 is 0 Å². The molecule has 0 fully saturated rings. The van der Waals surface area contributed by atoms with Crippen LogP contribution in [0.25, 0.3) is 0 Å². The van der Waals surface area contributed by atoms with Crippen molar-refractivity contribution in [2.45, 2.75) is 38.8 Å². The van der Waals surface area contributed by atoms with Crippen molar-refractivity contribution in [1.82, 2.24) is 9.80 Å². The van der Waals surface area contributed by atoms with E-state index >= 15 is 0 Å². The maximum Gasteiger partial charge on any atom is 0.0635 e. The van der Waals surface area contributed by atoms with E-state index in [1.165, 1.54) is 0 Å². The van der Waals surface area contributed by atoms with Gasteiger partial charge >= 0.3 is 0 Å². The third-order valence-corrected chi connectivity index (χ3v) is 3.99. The van der Waals surface area contributed by atoms with E-state index in [0.717, 1.165) is 24.2 Å². The lowest BCUT2D eigenvalue weighted by molar-refractivity contribution is 0.275. The van der Waals surface area contributed by atoms with E-state index in [-0.39, 0.29) is 0 Å². The topological polar surface area (TPSA) is 102 Å². The zero-order valence-electron chi connectivity index (χ0n) is 15.1. The van der Waals surface area contributed by atoms with Gasteiger partial charge in [-0.05, 0) is 11.1 Å². The van der Waals surface area contributed by atoms with Crippen molar-refractivity contribution in [3.8, 4) is 24.3 Å². The van der Waals surface area contributed by atoms with Gasteiger partial charge in [-0.3, -0.25) is 9.80 Å². The summed E-state index contributed by atoms with van der Waals surface area (Å²) >= 11 is 0. The van der Waals surface area contributed by atoms with Gasteiger partial charge in [-0.2, -0.15) is 21.0 Å². The molecule has 0 bridgehead atoms. The molecule has 0 saturated heterocycles. The summed E-state index contributed by atoms with van der Waals surface area (Å²) < 4.78 is 0. The van der Waals surface area contributed by atoms with Crippen molar-refractivity contribution in [3.63, 3.8) is 0 Å². The molecule has 0 heterocycles. The Hall–Kier alpha value is -2.90. The van der Waals surface area contributed by atoms with Crippen LogP contribution in [-0.2, 0) is 13.1 Å². The van der Waals surface area contributed by atoms with Gasteiger partial charge in [0.25, 0.3) is 0 Å². The van der Waals surface area contributed by atoms with Crippen molar-refractivity contribution >= 4 is 0 Å². The quantitative estimate of drug-likeness (QED) is 0.575. The van der Waals surface area contributed by atoms with Gasteiger partial charge in [0, 0.05) is 65.0 Å². The molecule has 6 heteroatoms. The summed E-state index contributed by atoms with van der Waals surface area (Å²) in [5.74, 6) is 0. The summed E-state index contributed by atoms with van der Waals surface area (Å²) in [5.41, 5.74) is 2.29. The molecule has 0 aliphatic carbocycles. The van der Waals surface area contributed by atoms with Crippen LogP contribution in [0, 0.1) is 45.3 Å². The first-order valence-corrected chi connectivity index (χ1v) is 8.73. The molecule has 0 amide bonds. The lowest BCUT2D eigenvalue weighted by atomic mass is 10.1. The van der Waals surface area contributed by atoms with Gasteiger partial charge in [0.05, 0.1) is 24.3 Å². The molecule has 1 aromatic rings. The number of rotatable bonds is 12. The fraction of sp³-hybridized carbons (Fsp3) is 0.500. The van der Waals surface area contributed by atoms with E-state index in [1.807, 2.05) is 0 Å². The molecular formula is C20H24N6. The van der Waals surface area contributed by atoms with Crippen LogP contribution < -0.4 is 0 Å². The molecule has 1 aromatic carbocycles. The average Bonchev–Trinajstić information content (AvgIpc) is 2.67. The van der Waals surface area contributed by atoms with Crippen molar-refractivity contribution < 1.29 is 0 Å². The monoisotopic (exact) mass is 348 g/mol. The summed E-state index contributed by atoms with van der Waals surface area (Å²) in [6.45, 7) is 4.09. The number of benzene rings is 1. The van der Waals surface area contributed by atoms with Gasteiger partial charge in [-0.15, -0.1) is 0 Å². The molecule has 0 aliphatic rings. The SMILES string of the molecule is N#CCCN(CCC#N)Cc1ccc(CN(CCC#N)CCC#N)cc1. The highest BCUT2D eigenvalue weighted by molar-refractivity contribution is 5.22. The maximum atomic E-state index is 8.76. The van der Waals surface area contributed by atoms with Crippen molar-refractivity contribution in [2.24, 2.45) is 0 Å². The first kappa shape index (κ1) is 21.1. The minimum absolute atomic E-state index is 0.455. The van der Waals surface area contributed by atoms with Gasteiger partial charge < -0.3 is 0 Å². The van der Waals surface area contributed by atoms with Gasteiger partial charge in [-0.1, -0.05) is 24.3 Å². The van der Waals surface area contributed by atoms with Gasteiger partial charge in [0.2, 0.25) is 0 Å². The Labute approximate surface area is 156 Å². The molecule has 0 spiro atoms. The van der Waals surface area contributed by atoms with Crippen LogP contribution in [0.4, 0.5) is 0 Å². The first-order valence-electron chi connectivity index (χ1n) is 8.73. The molecule has 0 aliphatic heterocycles. The minimum Gasteiger partial charge on any atom is -0.297 e. The van der Waals surface area contributed by atoms with Crippen molar-refractivity contribution in [1.29, 1.82) is 21.0 Å². The van der Waals surface area contributed by atoms with Crippen molar-refractivity contribution in [2.75, 3.05) is 26.2 Å². The fourth-order valence-electron chi connectivity index (χ4n) is 2.64. The molecule has 134 valence electrons. The van der Waals surface area contributed by atoms with Crippen LogP contribution in [0.15, 0.2) is 24.3 Å². The zero-order chi connectivity index (χ0) is 19.0. The Kier molecular flexibility index (Phi) is 10.9. The van der Waals surface area contributed by atoms with Crippen LogP contribution >= 0.6 is 0 Å². The van der Waals surface area contributed by atoms with Crippen LogP contribution in [-0.4, -0.2) is 36.0 Å². The van der Waals surface area contributed by atoms with E-state index in [2.05, 4.69) is 58.3 Å². The highest BCUT2D eigenvalue weighted by Crippen LogP contribution is 2.11. The van der Waals surface area contributed by atoms with E-state index in [9.17, 15) is 0 Å². The molecule has 0 atom stereocenters. The van der Waals surface area contributed by atoms with Crippen LogP contribution in [0.5, 0.6) is 0 Å². The van der Waals surface area contributed by atoms with E-state index in [4.69, 9.17) is 21.0 Å². The molecular weight excluding hydrogens is 324 g/mol. The van der Waals surface area contributed by atoms with Gasteiger partial charge in [-0.25, -0.2) is 0 Å². The standard InChI is InChI=1S/C20H24N6/c21-9-1-13-25(14-2-10-22)17-19-5-7-20(8-6-19)18-26(15-3-11-23)16-4-12-24/h5-8H,1-4,13-18H2. The summed E-state index contributed by atoms with van der Waals surface area (Å²) in [4.78, 5) is 4.24. The minimum atomic E-state index is 0.455. The Balaban J connectivity index is 2.64. The second-order valence-electron chi connectivity index (χ2n) is 6.00. The first-order chi connectivity index (χ1) is 12.7. The maximum absolute atomic E-state index is 8.76. The van der Waals surface area contributed by atoms with Crippen LogP contribution in [0.1, 0.15) is 36.8 Å². The Morgan fingerprint density at radius 2 is 0.808 bits per heavy atom. The van der Waals surface area contributed by atoms with Gasteiger partial charge in [0.1, 0.15) is 0 Å². The smallest absolute Gasteiger partial charge is 0.0635 e. The normalized spacial score (nSPS) is 10.1. The third-order valence-electron chi connectivity index (χ3n) is 3.99.